The van der Waals surface area contributed by atoms with Crippen LogP contribution in [0.1, 0.15) is 71.1 Å². The SMILES string of the molecule is CCCCCCCCCCCC(=O)C(O)C(O)C(O)C(O)CO.c1ccoc1. The van der Waals surface area contributed by atoms with Gasteiger partial charge in [-0.3, -0.25) is 4.79 Å². The van der Waals surface area contributed by atoms with Gasteiger partial charge in [0.1, 0.15) is 24.4 Å². The monoisotopic (exact) mass is 402 g/mol. The molecule has 0 aliphatic rings. The van der Waals surface area contributed by atoms with Gasteiger partial charge in [0.05, 0.1) is 19.1 Å². The van der Waals surface area contributed by atoms with Crippen LogP contribution in [0.25, 0.3) is 0 Å². The molecule has 5 N–H and O–H groups in total. The van der Waals surface area contributed by atoms with Crippen LogP contribution >= 0.6 is 0 Å². The molecule has 0 spiro atoms. The van der Waals surface area contributed by atoms with Crippen molar-refractivity contribution in [3.05, 3.63) is 24.7 Å². The average molecular weight is 403 g/mol. The summed E-state index contributed by atoms with van der Waals surface area (Å²) >= 11 is 0. The van der Waals surface area contributed by atoms with Gasteiger partial charge in [0, 0.05) is 6.42 Å². The summed E-state index contributed by atoms with van der Waals surface area (Å²) in [6.45, 7) is 1.43. The largest absolute Gasteiger partial charge is 0.473 e. The Morgan fingerprint density at radius 3 is 1.75 bits per heavy atom. The van der Waals surface area contributed by atoms with Gasteiger partial charge < -0.3 is 29.9 Å². The van der Waals surface area contributed by atoms with Crippen molar-refractivity contribution in [2.45, 2.75) is 95.5 Å². The Morgan fingerprint density at radius 2 is 1.32 bits per heavy atom. The molecule has 4 unspecified atom stereocenters. The summed E-state index contributed by atoms with van der Waals surface area (Å²) in [5.41, 5.74) is 0. The topological polar surface area (TPSA) is 131 Å². The van der Waals surface area contributed by atoms with E-state index in [4.69, 9.17) is 5.11 Å². The second-order valence-corrected chi connectivity index (χ2v) is 7.01. The Labute approximate surface area is 168 Å². The first-order valence-electron chi connectivity index (χ1n) is 10.3. The number of hydrogen-bond donors (Lipinski definition) is 5. The lowest BCUT2D eigenvalue weighted by molar-refractivity contribution is -0.147. The quantitative estimate of drug-likeness (QED) is 0.284. The molecule has 0 radical (unpaired) electrons. The standard InChI is InChI=1S/C17H34O6.C4H4O/c1-2-3-4-5-6-7-8-9-10-11-13(19)15(21)17(23)16(22)14(20)12-18;1-2-4-5-3-1/h14-18,20-23H,2-12H2,1H3;1-4H. The molecule has 0 bridgehead atoms. The van der Waals surface area contributed by atoms with Crippen LogP contribution in [0, 0.1) is 0 Å². The highest BCUT2D eigenvalue weighted by atomic mass is 16.4. The molecule has 0 aromatic carbocycles. The molecule has 0 saturated heterocycles. The average Bonchev–Trinajstić information content (AvgIpc) is 3.30. The highest BCUT2D eigenvalue weighted by molar-refractivity contribution is 5.83. The third kappa shape index (κ3) is 13.0. The number of carbonyl (C=O) groups is 1. The van der Waals surface area contributed by atoms with Crippen molar-refractivity contribution < 1.29 is 34.7 Å². The number of rotatable bonds is 15. The van der Waals surface area contributed by atoms with E-state index in [1.165, 1.54) is 32.1 Å². The van der Waals surface area contributed by atoms with Crippen molar-refractivity contribution in [2.75, 3.05) is 6.61 Å². The fraction of sp³-hybridized carbons (Fsp3) is 0.762. The van der Waals surface area contributed by atoms with Crippen molar-refractivity contribution in [2.24, 2.45) is 0 Å². The van der Waals surface area contributed by atoms with Crippen LogP contribution in [-0.2, 0) is 4.79 Å². The molecular weight excluding hydrogens is 364 g/mol. The summed E-state index contributed by atoms with van der Waals surface area (Å²) < 4.78 is 4.58. The summed E-state index contributed by atoms with van der Waals surface area (Å²) in [4.78, 5) is 11.7. The Balaban J connectivity index is 0.00000125. The number of carbonyl (C=O) groups excluding carboxylic acids is 1. The van der Waals surface area contributed by atoms with Crippen LogP contribution in [0.2, 0.25) is 0 Å². The number of aliphatic hydroxyl groups is 5. The second kappa shape index (κ2) is 17.8. The first-order chi connectivity index (χ1) is 13.5. The van der Waals surface area contributed by atoms with E-state index in [0.29, 0.717) is 6.42 Å². The Hall–Kier alpha value is -1.25. The minimum Gasteiger partial charge on any atom is -0.473 e. The van der Waals surface area contributed by atoms with E-state index >= 15 is 0 Å². The molecule has 0 aliphatic carbocycles. The molecule has 0 saturated carbocycles. The predicted molar refractivity (Wildman–Crippen MR) is 107 cm³/mol. The smallest absolute Gasteiger partial charge is 0.164 e. The van der Waals surface area contributed by atoms with E-state index in [1.54, 1.807) is 12.5 Å². The molecule has 0 fully saturated rings. The van der Waals surface area contributed by atoms with Crippen molar-refractivity contribution in [3.63, 3.8) is 0 Å². The number of aliphatic hydroxyl groups excluding tert-OH is 5. The molecule has 1 rings (SSSR count). The van der Waals surface area contributed by atoms with Gasteiger partial charge in [-0.15, -0.1) is 0 Å². The highest BCUT2D eigenvalue weighted by Gasteiger charge is 2.33. The van der Waals surface area contributed by atoms with E-state index in [9.17, 15) is 25.2 Å². The number of Topliss-reactive ketones (excluding diaryl/α,β-unsaturated/α-hetero) is 1. The lowest BCUT2D eigenvalue weighted by Gasteiger charge is -2.24. The summed E-state index contributed by atoms with van der Waals surface area (Å²) in [7, 11) is 0. The molecule has 1 heterocycles. The van der Waals surface area contributed by atoms with Crippen LogP contribution in [0.15, 0.2) is 29.1 Å². The second-order valence-electron chi connectivity index (χ2n) is 7.01. The summed E-state index contributed by atoms with van der Waals surface area (Å²) in [5, 5.41) is 46.6. The fourth-order valence-electron chi connectivity index (χ4n) is 2.70. The van der Waals surface area contributed by atoms with Gasteiger partial charge >= 0.3 is 0 Å². The zero-order valence-electron chi connectivity index (χ0n) is 16.9. The van der Waals surface area contributed by atoms with Gasteiger partial charge in [-0.2, -0.15) is 0 Å². The van der Waals surface area contributed by atoms with Gasteiger partial charge in [-0.05, 0) is 18.6 Å². The van der Waals surface area contributed by atoms with E-state index in [1.807, 2.05) is 12.1 Å². The van der Waals surface area contributed by atoms with Crippen LogP contribution in [0.3, 0.4) is 0 Å². The molecular formula is C21H38O7. The van der Waals surface area contributed by atoms with Crippen LogP contribution in [-0.4, -0.2) is 62.3 Å². The molecule has 1 aromatic heterocycles. The molecule has 4 atom stereocenters. The number of ketones is 1. The number of hydrogen-bond acceptors (Lipinski definition) is 7. The predicted octanol–water partition coefficient (Wildman–Crippen LogP) is 2.19. The van der Waals surface area contributed by atoms with E-state index < -0.39 is 36.8 Å². The Bertz CT molecular complexity index is 432. The van der Waals surface area contributed by atoms with Gasteiger partial charge in [-0.1, -0.05) is 58.3 Å². The van der Waals surface area contributed by atoms with E-state index in [-0.39, 0.29) is 6.42 Å². The van der Waals surface area contributed by atoms with Gasteiger partial charge in [0.15, 0.2) is 5.78 Å². The van der Waals surface area contributed by atoms with Crippen molar-refractivity contribution >= 4 is 5.78 Å². The first-order valence-corrected chi connectivity index (χ1v) is 10.3. The lowest BCUT2D eigenvalue weighted by atomic mass is 9.97. The molecule has 28 heavy (non-hydrogen) atoms. The minimum absolute atomic E-state index is 0.135. The zero-order valence-corrected chi connectivity index (χ0v) is 16.9. The third-order valence-electron chi connectivity index (χ3n) is 4.54. The highest BCUT2D eigenvalue weighted by Crippen LogP contribution is 2.13. The maximum atomic E-state index is 11.7. The molecule has 7 heteroatoms. The molecule has 7 nitrogen and oxygen atoms in total. The third-order valence-corrected chi connectivity index (χ3v) is 4.54. The molecule has 0 amide bonds. The zero-order chi connectivity index (χ0) is 21.2. The summed E-state index contributed by atoms with van der Waals surface area (Å²) in [6.07, 6.45) is 6.51. The summed E-state index contributed by atoms with van der Waals surface area (Å²) in [5.74, 6) is -0.551. The van der Waals surface area contributed by atoms with E-state index in [0.717, 1.165) is 19.3 Å². The van der Waals surface area contributed by atoms with Gasteiger partial charge in [0.25, 0.3) is 0 Å². The number of furan rings is 1. The maximum absolute atomic E-state index is 11.7. The number of unbranched alkanes of at least 4 members (excludes halogenated alkanes) is 8. The van der Waals surface area contributed by atoms with Gasteiger partial charge in [-0.25, -0.2) is 0 Å². The Morgan fingerprint density at radius 1 is 0.821 bits per heavy atom. The Kier molecular flexibility index (Phi) is 17.0. The molecule has 0 aliphatic heterocycles. The molecule has 164 valence electrons. The van der Waals surface area contributed by atoms with E-state index in [2.05, 4.69) is 11.3 Å². The van der Waals surface area contributed by atoms with Crippen LogP contribution in [0.4, 0.5) is 0 Å². The summed E-state index contributed by atoms with van der Waals surface area (Å²) in [6, 6.07) is 3.67. The van der Waals surface area contributed by atoms with Crippen LogP contribution < -0.4 is 0 Å². The van der Waals surface area contributed by atoms with Gasteiger partial charge in [0.2, 0.25) is 0 Å². The van der Waals surface area contributed by atoms with Crippen molar-refractivity contribution in [3.8, 4) is 0 Å². The molecule has 1 aromatic rings. The maximum Gasteiger partial charge on any atom is 0.164 e. The van der Waals surface area contributed by atoms with Crippen LogP contribution in [0.5, 0.6) is 0 Å². The minimum atomic E-state index is -1.79. The fourth-order valence-corrected chi connectivity index (χ4v) is 2.70. The van der Waals surface area contributed by atoms with Crippen molar-refractivity contribution in [1.82, 2.24) is 0 Å². The first kappa shape index (κ1) is 26.8. The lowest BCUT2D eigenvalue weighted by Crippen LogP contribution is -2.48. The van der Waals surface area contributed by atoms with Crippen molar-refractivity contribution in [1.29, 1.82) is 0 Å². The normalized spacial score (nSPS) is 15.2.